The Morgan fingerprint density at radius 3 is 2.11 bits per heavy atom. The van der Waals surface area contributed by atoms with Crippen LogP contribution in [0.4, 0.5) is 4.39 Å². The Hall–Kier alpha value is -2.96. The van der Waals surface area contributed by atoms with Gasteiger partial charge in [0.2, 0.25) is 5.43 Å². The summed E-state index contributed by atoms with van der Waals surface area (Å²) in [5, 5.41) is 5.35. The summed E-state index contributed by atoms with van der Waals surface area (Å²) in [4.78, 5) is 37.8. The minimum Gasteiger partial charge on any atom is -0.352 e. The fraction of sp³-hybridized carbons (Fsp3) is 0.381. The third kappa shape index (κ3) is 5.77. The maximum atomic E-state index is 13.0. The second-order valence-corrected chi connectivity index (χ2v) is 7.44. The van der Waals surface area contributed by atoms with E-state index in [0.717, 1.165) is 0 Å². The van der Waals surface area contributed by atoms with Crippen molar-refractivity contribution in [1.82, 2.24) is 15.2 Å². The Kier molecular flexibility index (Phi) is 7.09. The van der Waals surface area contributed by atoms with Crippen LogP contribution < -0.4 is 16.1 Å². The van der Waals surface area contributed by atoms with Crippen LogP contribution in [0.1, 0.15) is 54.0 Å². The molecule has 6 nitrogen and oxygen atoms in total. The molecular weight excluding hydrogens is 361 g/mol. The maximum Gasteiger partial charge on any atom is 0.257 e. The van der Waals surface area contributed by atoms with Crippen molar-refractivity contribution in [2.24, 2.45) is 5.92 Å². The summed E-state index contributed by atoms with van der Waals surface area (Å²) in [6, 6.07) is 5.57. The second kappa shape index (κ2) is 9.30. The van der Waals surface area contributed by atoms with E-state index in [-0.39, 0.29) is 35.4 Å². The molecule has 1 heterocycles. The summed E-state index contributed by atoms with van der Waals surface area (Å²) in [6.07, 6.45) is 2.95. The Morgan fingerprint density at radius 2 is 1.57 bits per heavy atom. The fourth-order valence-corrected chi connectivity index (χ4v) is 2.70. The number of pyridine rings is 1. The quantitative estimate of drug-likeness (QED) is 0.767. The summed E-state index contributed by atoms with van der Waals surface area (Å²) in [7, 11) is 0. The van der Waals surface area contributed by atoms with Crippen molar-refractivity contribution in [3.63, 3.8) is 0 Å². The molecule has 0 fully saturated rings. The van der Waals surface area contributed by atoms with Gasteiger partial charge in [0.25, 0.3) is 11.8 Å². The molecular formula is C21H26FN3O3. The van der Waals surface area contributed by atoms with E-state index in [1.165, 1.54) is 24.5 Å². The van der Waals surface area contributed by atoms with Crippen LogP contribution in [0.25, 0.3) is 0 Å². The zero-order chi connectivity index (χ0) is 20.8. The van der Waals surface area contributed by atoms with Gasteiger partial charge in [0.15, 0.2) is 0 Å². The summed E-state index contributed by atoms with van der Waals surface area (Å²) in [5.41, 5.74) is -0.0799. The van der Waals surface area contributed by atoms with Gasteiger partial charge >= 0.3 is 0 Å². The van der Waals surface area contributed by atoms with Crippen LogP contribution in [0, 0.1) is 11.7 Å². The molecule has 150 valence electrons. The van der Waals surface area contributed by atoms with Crippen molar-refractivity contribution in [2.45, 2.75) is 46.8 Å². The molecule has 2 rings (SSSR count). The number of carbonyl (C=O) groups excluding carboxylic acids is 2. The standard InChI is InChI=1S/C21H26FN3O3/c1-13(2)10-25-11-17(19(26)18(12-25)21(28)24-14(3)4)20(27)23-9-15-5-7-16(22)8-6-15/h5-8,11-14H,9-10H2,1-4H3,(H,23,27)(H,24,28). The highest BCUT2D eigenvalue weighted by Crippen LogP contribution is 2.06. The van der Waals surface area contributed by atoms with Gasteiger partial charge in [-0.3, -0.25) is 14.4 Å². The molecule has 28 heavy (non-hydrogen) atoms. The number of rotatable bonds is 7. The number of carbonyl (C=O) groups is 2. The summed E-state index contributed by atoms with van der Waals surface area (Å²) in [5.74, 6) is -1.19. The number of nitrogens with zero attached hydrogens (tertiary/aromatic N) is 1. The van der Waals surface area contributed by atoms with E-state index in [0.29, 0.717) is 12.1 Å². The first-order valence-electron chi connectivity index (χ1n) is 9.25. The topological polar surface area (TPSA) is 80.2 Å². The van der Waals surface area contributed by atoms with Gasteiger partial charge in [-0.2, -0.15) is 0 Å². The lowest BCUT2D eigenvalue weighted by molar-refractivity contribution is 0.0941. The molecule has 0 saturated heterocycles. The number of amides is 2. The smallest absolute Gasteiger partial charge is 0.257 e. The van der Waals surface area contributed by atoms with Crippen LogP contribution in [-0.4, -0.2) is 22.4 Å². The molecule has 0 bridgehead atoms. The first-order valence-corrected chi connectivity index (χ1v) is 9.25. The van der Waals surface area contributed by atoms with Crippen LogP contribution in [0.5, 0.6) is 0 Å². The maximum absolute atomic E-state index is 13.0. The summed E-state index contributed by atoms with van der Waals surface area (Å²) >= 11 is 0. The first-order chi connectivity index (χ1) is 13.2. The Labute approximate surface area is 163 Å². The Bertz CT molecular complexity index is 902. The molecule has 0 aliphatic rings. The van der Waals surface area contributed by atoms with Crippen molar-refractivity contribution < 1.29 is 14.0 Å². The van der Waals surface area contributed by atoms with Crippen molar-refractivity contribution in [1.29, 1.82) is 0 Å². The molecule has 0 aliphatic carbocycles. The van der Waals surface area contributed by atoms with Crippen molar-refractivity contribution >= 4 is 11.8 Å². The van der Waals surface area contributed by atoms with Crippen molar-refractivity contribution in [2.75, 3.05) is 0 Å². The van der Waals surface area contributed by atoms with Gasteiger partial charge in [0.1, 0.15) is 16.9 Å². The van der Waals surface area contributed by atoms with Crippen LogP contribution >= 0.6 is 0 Å². The SMILES string of the molecule is CC(C)Cn1cc(C(=O)NCc2ccc(F)cc2)c(=O)c(C(=O)NC(C)C)c1. The van der Waals surface area contributed by atoms with E-state index in [2.05, 4.69) is 10.6 Å². The van der Waals surface area contributed by atoms with Gasteiger partial charge in [0, 0.05) is 31.5 Å². The fourth-order valence-electron chi connectivity index (χ4n) is 2.70. The number of aromatic nitrogens is 1. The number of halogens is 1. The molecule has 7 heteroatoms. The van der Waals surface area contributed by atoms with E-state index in [1.807, 2.05) is 13.8 Å². The van der Waals surface area contributed by atoms with Gasteiger partial charge in [-0.25, -0.2) is 4.39 Å². The summed E-state index contributed by atoms with van der Waals surface area (Å²) in [6.45, 7) is 8.29. The molecule has 0 saturated carbocycles. The number of hydrogen-bond donors (Lipinski definition) is 2. The van der Waals surface area contributed by atoms with E-state index in [1.54, 1.807) is 30.5 Å². The molecule has 0 unspecified atom stereocenters. The lowest BCUT2D eigenvalue weighted by Crippen LogP contribution is -2.37. The summed E-state index contributed by atoms with van der Waals surface area (Å²) < 4.78 is 14.7. The monoisotopic (exact) mass is 387 g/mol. The van der Waals surface area contributed by atoms with Gasteiger partial charge in [-0.05, 0) is 37.5 Å². The van der Waals surface area contributed by atoms with Gasteiger partial charge in [-0.1, -0.05) is 26.0 Å². The minimum atomic E-state index is -0.616. The highest BCUT2D eigenvalue weighted by molar-refractivity contribution is 5.99. The Balaban J connectivity index is 2.31. The van der Waals surface area contributed by atoms with E-state index in [9.17, 15) is 18.8 Å². The van der Waals surface area contributed by atoms with Crippen molar-refractivity contribution in [3.05, 3.63) is 69.4 Å². The van der Waals surface area contributed by atoms with E-state index >= 15 is 0 Å². The average Bonchev–Trinajstić information content (AvgIpc) is 2.61. The van der Waals surface area contributed by atoms with Gasteiger partial charge in [0.05, 0.1) is 0 Å². The second-order valence-electron chi connectivity index (χ2n) is 7.44. The molecule has 2 aromatic rings. The zero-order valence-corrected chi connectivity index (χ0v) is 16.6. The van der Waals surface area contributed by atoms with E-state index in [4.69, 9.17) is 0 Å². The molecule has 1 aromatic heterocycles. The van der Waals surface area contributed by atoms with Crippen LogP contribution in [0.3, 0.4) is 0 Å². The third-order valence-electron chi connectivity index (χ3n) is 3.93. The molecule has 1 aromatic carbocycles. The molecule has 2 amide bonds. The molecule has 0 spiro atoms. The van der Waals surface area contributed by atoms with Gasteiger partial charge < -0.3 is 15.2 Å². The van der Waals surface area contributed by atoms with Crippen LogP contribution in [0.15, 0.2) is 41.5 Å². The third-order valence-corrected chi connectivity index (χ3v) is 3.93. The predicted octanol–water partition coefficient (Wildman–Crippen LogP) is 2.71. The number of hydrogen-bond acceptors (Lipinski definition) is 3. The predicted molar refractivity (Wildman–Crippen MR) is 106 cm³/mol. The largest absolute Gasteiger partial charge is 0.352 e. The molecule has 0 radical (unpaired) electrons. The van der Waals surface area contributed by atoms with Gasteiger partial charge in [-0.15, -0.1) is 0 Å². The van der Waals surface area contributed by atoms with E-state index < -0.39 is 17.2 Å². The van der Waals surface area contributed by atoms with Crippen molar-refractivity contribution in [3.8, 4) is 0 Å². The zero-order valence-electron chi connectivity index (χ0n) is 16.6. The first kappa shape index (κ1) is 21.3. The highest BCUT2D eigenvalue weighted by Gasteiger charge is 2.20. The molecule has 0 aliphatic heterocycles. The molecule has 0 atom stereocenters. The highest BCUT2D eigenvalue weighted by atomic mass is 19.1. The van der Waals surface area contributed by atoms with Crippen LogP contribution in [-0.2, 0) is 13.1 Å². The average molecular weight is 387 g/mol. The molecule has 2 N–H and O–H groups in total. The number of nitrogens with one attached hydrogen (secondary N) is 2. The normalized spacial score (nSPS) is 11.0. The lowest BCUT2D eigenvalue weighted by Gasteiger charge is -2.15. The van der Waals surface area contributed by atoms with Crippen LogP contribution in [0.2, 0.25) is 0 Å². The lowest BCUT2D eigenvalue weighted by atomic mass is 10.1. The minimum absolute atomic E-state index is 0.0659. The Morgan fingerprint density at radius 1 is 1.00 bits per heavy atom. The number of benzene rings is 1.